The zero-order chi connectivity index (χ0) is 17.8. The molecule has 1 aliphatic carbocycles. The SMILES string of the molecule is CN(CC(=O)O)C1CCN(CC(=O)Nc2ccc3c(c2)CCC3)CC1. The predicted molar refractivity (Wildman–Crippen MR) is 96.8 cm³/mol. The molecule has 0 atom stereocenters. The smallest absolute Gasteiger partial charge is 0.317 e. The van der Waals surface area contributed by atoms with Crippen LogP contribution >= 0.6 is 0 Å². The summed E-state index contributed by atoms with van der Waals surface area (Å²) in [4.78, 5) is 27.1. The Labute approximate surface area is 148 Å². The van der Waals surface area contributed by atoms with Crippen molar-refractivity contribution in [2.45, 2.75) is 38.1 Å². The number of piperidine rings is 1. The topological polar surface area (TPSA) is 72.9 Å². The number of likely N-dealkylation sites (tertiary alicyclic amines) is 1. The zero-order valence-electron chi connectivity index (χ0n) is 14.8. The molecule has 0 radical (unpaired) electrons. The number of nitrogens with zero attached hydrogens (tertiary/aromatic N) is 2. The van der Waals surface area contributed by atoms with Crippen molar-refractivity contribution in [1.82, 2.24) is 9.80 Å². The minimum atomic E-state index is -0.793. The van der Waals surface area contributed by atoms with Gasteiger partial charge >= 0.3 is 5.97 Å². The molecule has 1 fully saturated rings. The van der Waals surface area contributed by atoms with Crippen LogP contribution in [0.25, 0.3) is 0 Å². The maximum atomic E-state index is 12.3. The van der Waals surface area contributed by atoms with Gasteiger partial charge in [-0.1, -0.05) is 6.07 Å². The summed E-state index contributed by atoms with van der Waals surface area (Å²) >= 11 is 0. The molecule has 0 aromatic heterocycles. The molecule has 136 valence electrons. The molecule has 6 nitrogen and oxygen atoms in total. The number of hydrogen-bond donors (Lipinski definition) is 2. The highest BCUT2D eigenvalue weighted by molar-refractivity contribution is 5.92. The van der Waals surface area contributed by atoms with Crippen LogP contribution in [-0.2, 0) is 22.4 Å². The molecule has 1 aliphatic heterocycles. The molecule has 1 amide bonds. The van der Waals surface area contributed by atoms with Crippen molar-refractivity contribution in [3.63, 3.8) is 0 Å². The number of likely N-dealkylation sites (N-methyl/N-ethyl adjacent to an activating group) is 1. The Morgan fingerprint density at radius 3 is 2.68 bits per heavy atom. The van der Waals surface area contributed by atoms with Crippen LogP contribution in [0.2, 0.25) is 0 Å². The fourth-order valence-corrected chi connectivity index (χ4v) is 3.91. The lowest BCUT2D eigenvalue weighted by molar-refractivity contribution is -0.138. The van der Waals surface area contributed by atoms with Gasteiger partial charge in [0.1, 0.15) is 0 Å². The molecule has 2 N–H and O–H groups in total. The van der Waals surface area contributed by atoms with Crippen LogP contribution < -0.4 is 5.32 Å². The second-order valence-corrected chi connectivity index (χ2v) is 7.20. The maximum absolute atomic E-state index is 12.3. The first kappa shape index (κ1) is 17.9. The number of carbonyl (C=O) groups is 2. The standard InChI is InChI=1S/C19H27N3O3/c1-21(13-19(24)25)17-7-9-22(10-8-17)12-18(23)20-16-6-5-14-3-2-4-15(14)11-16/h5-6,11,17H,2-4,7-10,12-13H2,1H3,(H,20,23)(H,24,25). The fraction of sp³-hybridized carbons (Fsp3) is 0.579. The van der Waals surface area contributed by atoms with Crippen molar-refractivity contribution in [3.8, 4) is 0 Å². The van der Waals surface area contributed by atoms with Crippen LogP contribution in [0.5, 0.6) is 0 Å². The van der Waals surface area contributed by atoms with E-state index in [0.717, 1.165) is 44.5 Å². The number of carboxylic acid groups (broad SMARTS) is 1. The number of aryl methyl sites for hydroxylation is 2. The van der Waals surface area contributed by atoms with Crippen molar-refractivity contribution in [3.05, 3.63) is 29.3 Å². The lowest BCUT2D eigenvalue weighted by atomic mass is 10.0. The third-order valence-corrected chi connectivity index (χ3v) is 5.31. The minimum Gasteiger partial charge on any atom is -0.480 e. The van der Waals surface area contributed by atoms with Crippen LogP contribution in [0.3, 0.4) is 0 Å². The molecule has 1 aromatic carbocycles. The van der Waals surface area contributed by atoms with Gasteiger partial charge in [0.2, 0.25) is 5.91 Å². The van der Waals surface area contributed by atoms with E-state index in [0.29, 0.717) is 6.54 Å². The molecular formula is C19H27N3O3. The molecule has 0 saturated carbocycles. The van der Waals surface area contributed by atoms with E-state index < -0.39 is 5.97 Å². The van der Waals surface area contributed by atoms with E-state index >= 15 is 0 Å². The van der Waals surface area contributed by atoms with Crippen molar-refractivity contribution in [2.75, 3.05) is 38.5 Å². The predicted octanol–water partition coefficient (Wildman–Crippen LogP) is 1.59. The number of carboxylic acids is 1. The van der Waals surface area contributed by atoms with E-state index in [1.54, 1.807) is 0 Å². The quantitative estimate of drug-likeness (QED) is 0.819. The van der Waals surface area contributed by atoms with E-state index in [2.05, 4.69) is 22.3 Å². The molecule has 0 bridgehead atoms. The molecule has 0 spiro atoms. The second-order valence-electron chi connectivity index (χ2n) is 7.20. The molecule has 0 unspecified atom stereocenters. The Balaban J connectivity index is 1.44. The third kappa shape index (κ3) is 4.80. The molecule has 6 heteroatoms. The summed E-state index contributed by atoms with van der Waals surface area (Å²) in [6.45, 7) is 2.12. The number of nitrogens with one attached hydrogen (secondary N) is 1. The fourth-order valence-electron chi connectivity index (χ4n) is 3.91. The normalized spacial score (nSPS) is 18.3. The third-order valence-electron chi connectivity index (χ3n) is 5.31. The Morgan fingerprint density at radius 2 is 1.96 bits per heavy atom. The Hall–Kier alpha value is -1.92. The van der Waals surface area contributed by atoms with E-state index in [9.17, 15) is 9.59 Å². The highest BCUT2D eigenvalue weighted by Crippen LogP contribution is 2.25. The first-order valence-electron chi connectivity index (χ1n) is 9.07. The molecular weight excluding hydrogens is 318 g/mol. The van der Waals surface area contributed by atoms with E-state index in [1.165, 1.54) is 17.5 Å². The Morgan fingerprint density at radius 1 is 1.24 bits per heavy atom. The lowest BCUT2D eigenvalue weighted by Gasteiger charge is -2.35. The summed E-state index contributed by atoms with van der Waals surface area (Å²) in [5, 5.41) is 11.9. The van der Waals surface area contributed by atoms with Crippen LogP contribution in [0, 0.1) is 0 Å². The zero-order valence-corrected chi connectivity index (χ0v) is 14.8. The van der Waals surface area contributed by atoms with Gasteiger partial charge in [0.05, 0.1) is 13.1 Å². The lowest BCUT2D eigenvalue weighted by Crippen LogP contribution is -2.46. The molecule has 3 rings (SSSR count). The van der Waals surface area contributed by atoms with Gasteiger partial charge in [-0.25, -0.2) is 0 Å². The maximum Gasteiger partial charge on any atom is 0.317 e. The van der Waals surface area contributed by atoms with E-state index in [4.69, 9.17) is 5.11 Å². The largest absolute Gasteiger partial charge is 0.480 e. The van der Waals surface area contributed by atoms with Crippen LogP contribution in [0.1, 0.15) is 30.4 Å². The molecule has 1 saturated heterocycles. The van der Waals surface area contributed by atoms with E-state index in [-0.39, 0.29) is 18.5 Å². The summed E-state index contributed by atoms with van der Waals surface area (Å²) in [5.41, 5.74) is 3.66. The number of benzene rings is 1. The summed E-state index contributed by atoms with van der Waals surface area (Å²) in [5.74, 6) is -0.769. The number of hydrogen-bond acceptors (Lipinski definition) is 4. The van der Waals surface area contributed by atoms with Gasteiger partial charge in [-0.05, 0) is 62.4 Å². The average Bonchev–Trinajstić information content (AvgIpc) is 3.02. The first-order chi connectivity index (χ1) is 12.0. The van der Waals surface area contributed by atoms with Gasteiger partial charge in [-0.3, -0.25) is 19.4 Å². The van der Waals surface area contributed by atoms with Crippen molar-refractivity contribution >= 4 is 17.6 Å². The molecule has 25 heavy (non-hydrogen) atoms. The number of fused-ring (bicyclic) bond motifs is 1. The molecule has 2 aliphatic rings. The first-order valence-corrected chi connectivity index (χ1v) is 9.07. The highest BCUT2D eigenvalue weighted by Gasteiger charge is 2.24. The average molecular weight is 345 g/mol. The molecule has 1 aromatic rings. The van der Waals surface area contributed by atoms with Gasteiger partial charge in [0.15, 0.2) is 0 Å². The number of anilines is 1. The number of amides is 1. The second kappa shape index (κ2) is 7.97. The highest BCUT2D eigenvalue weighted by atomic mass is 16.4. The van der Waals surface area contributed by atoms with Gasteiger partial charge < -0.3 is 10.4 Å². The van der Waals surface area contributed by atoms with Crippen LogP contribution in [0.4, 0.5) is 5.69 Å². The monoisotopic (exact) mass is 345 g/mol. The number of carbonyl (C=O) groups excluding carboxylic acids is 1. The van der Waals surface area contributed by atoms with Crippen LogP contribution in [0.15, 0.2) is 18.2 Å². The van der Waals surface area contributed by atoms with Crippen molar-refractivity contribution in [1.29, 1.82) is 0 Å². The summed E-state index contributed by atoms with van der Waals surface area (Å²) in [6, 6.07) is 6.51. The number of rotatable bonds is 6. The van der Waals surface area contributed by atoms with Gasteiger partial charge in [-0.15, -0.1) is 0 Å². The van der Waals surface area contributed by atoms with Crippen LogP contribution in [-0.4, -0.2) is 66.1 Å². The van der Waals surface area contributed by atoms with Crippen molar-refractivity contribution < 1.29 is 14.7 Å². The Bertz CT molecular complexity index is 639. The summed E-state index contributed by atoms with van der Waals surface area (Å²) < 4.78 is 0. The minimum absolute atomic E-state index is 0.0234. The van der Waals surface area contributed by atoms with E-state index in [1.807, 2.05) is 18.0 Å². The molecule has 1 heterocycles. The summed E-state index contributed by atoms with van der Waals surface area (Å²) in [7, 11) is 1.86. The van der Waals surface area contributed by atoms with Gasteiger partial charge in [-0.2, -0.15) is 0 Å². The summed E-state index contributed by atoms with van der Waals surface area (Å²) in [6.07, 6.45) is 5.26. The number of aliphatic carboxylic acids is 1. The Kier molecular flexibility index (Phi) is 5.71. The van der Waals surface area contributed by atoms with Gasteiger partial charge in [0.25, 0.3) is 0 Å². The van der Waals surface area contributed by atoms with Crippen molar-refractivity contribution in [2.24, 2.45) is 0 Å². The van der Waals surface area contributed by atoms with Gasteiger partial charge in [0, 0.05) is 24.8 Å².